The molecule has 4 heterocycles. The molecule has 1 saturated heterocycles. The van der Waals surface area contributed by atoms with Crippen LogP contribution >= 0.6 is 11.3 Å². The van der Waals surface area contributed by atoms with E-state index in [0.29, 0.717) is 17.3 Å². The third-order valence-corrected chi connectivity index (χ3v) is 4.85. The summed E-state index contributed by atoms with van der Waals surface area (Å²) in [6.45, 7) is 3.45. The first-order valence-corrected chi connectivity index (χ1v) is 8.54. The van der Waals surface area contributed by atoms with Crippen LogP contribution in [-0.4, -0.2) is 49.2 Å². The van der Waals surface area contributed by atoms with Crippen LogP contribution in [0.2, 0.25) is 0 Å². The van der Waals surface area contributed by atoms with E-state index in [0.717, 1.165) is 30.1 Å². The van der Waals surface area contributed by atoms with E-state index in [1.807, 2.05) is 19.1 Å². The third-order valence-electron chi connectivity index (χ3n) is 4.02. The fourth-order valence-corrected chi connectivity index (χ4v) is 3.50. The van der Waals surface area contributed by atoms with Crippen molar-refractivity contribution in [3.05, 3.63) is 23.2 Å². The summed E-state index contributed by atoms with van der Waals surface area (Å²) in [6, 6.07) is 3.71. The van der Waals surface area contributed by atoms with Gasteiger partial charge in [0.15, 0.2) is 16.6 Å². The lowest BCUT2D eigenvalue weighted by Gasteiger charge is -2.32. The largest absolute Gasteiger partial charge is 0.354 e. The number of carbonyl (C=O) groups excluding carboxylic acids is 1. The third kappa shape index (κ3) is 2.92. The summed E-state index contributed by atoms with van der Waals surface area (Å²) in [5.41, 5.74) is 0.601. The van der Waals surface area contributed by atoms with Crippen molar-refractivity contribution in [3.8, 4) is 0 Å². The quantitative estimate of drug-likeness (QED) is 0.760. The molecule has 0 radical (unpaired) electrons. The van der Waals surface area contributed by atoms with Crippen LogP contribution in [0.25, 0.3) is 5.65 Å². The van der Waals surface area contributed by atoms with Crippen LogP contribution in [0.4, 0.5) is 10.9 Å². The minimum absolute atomic E-state index is 0.0116. The number of hydrogen-bond donors (Lipinski definition) is 1. The van der Waals surface area contributed by atoms with Gasteiger partial charge in [0.05, 0.1) is 5.92 Å². The fraction of sp³-hybridized carbons (Fsp3) is 0.429. The number of thiazole rings is 1. The predicted molar refractivity (Wildman–Crippen MR) is 89.0 cm³/mol. The molecule has 1 N–H and O–H groups in total. The summed E-state index contributed by atoms with van der Waals surface area (Å²) in [6.07, 6.45) is 3.56. The number of amides is 1. The van der Waals surface area contributed by atoms with E-state index >= 15 is 0 Å². The van der Waals surface area contributed by atoms with Crippen LogP contribution in [0, 0.1) is 12.8 Å². The number of aryl methyl sites for hydroxylation is 1. The van der Waals surface area contributed by atoms with E-state index < -0.39 is 0 Å². The Morgan fingerprint density at radius 1 is 1.42 bits per heavy atom. The van der Waals surface area contributed by atoms with Gasteiger partial charge in [0.25, 0.3) is 0 Å². The van der Waals surface area contributed by atoms with Crippen molar-refractivity contribution in [2.45, 2.75) is 19.8 Å². The van der Waals surface area contributed by atoms with Crippen LogP contribution in [0.5, 0.6) is 0 Å². The monoisotopic (exact) mass is 344 g/mol. The summed E-state index contributed by atoms with van der Waals surface area (Å²) >= 11 is 1.49. The maximum Gasteiger partial charge on any atom is 0.231 e. The molecule has 24 heavy (non-hydrogen) atoms. The number of hydrogen-bond acceptors (Lipinski definition) is 8. The zero-order valence-electron chi connectivity index (χ0n) is 13.1. The fourth-order valence-electron chi connectivity index (χ4n) is 2.83. The molecule has 3 aromatic heterocycles. The summed E-state index contributed by atoms with van der Waals surface area (Å²) in [5, 5.41) is 19.2. The Balaban J connectivity index is 1.47. The molecule has 10 heteroatoms. The van der Waals surface area contributed by atoms with Crippen LogP contribution in [0.3, 0.4) is 0 Å². The first-order valence-electron chi connectivity index (χ1n) is 7.73. The number of aromatic nitrogens is 6. The second kappa shape index (κ2) is 6.11. The second-order valence-corrected chi connectivity index (χ2v) is 7.00. The van der Waals surface area contributed by atoms with Gasteiger partial charge >= 0.3 is 0 Å². The molecule has 1 fully saturated rings. The molecule has 0 aromatic carbocycles. The standard InChI is InChI=1S/C14H16N8OS/c1-9-7-15-14(24-9)16-13(23)10-3-2-6-21(8-10)12-5-4-11-17-19-20-22(11)18-12/h4-5,7,10H,2-3,6,8H2,1H3,(H,15,16,23)/t10-/m1/s1. The average molecular weight is 344 g/mol. The van der Waals surface area contributed by atoms with E-state index in [4.69, 9.17) is 0 Å². The van der Waals surface area contributed by atoms with Crippen molar-refractivity contribution in [1.82, 2.24) is 30.2 Å². The van der Waals surface area contributed by atoms with Crippen LogP contribution in [-0.2, 0) is 4.79 Å². The number of piperidine rings is 1. The molecule has 4 rings (SSSR count). The summed E-state index contributed by atoms with van der Waals surface area (Å²) in [7, 11) is 0. The van der Waals surface area contributed by atoms with Crippen molar-refractivity contribution in [2.75, 3.05) is 23.3 Å². The van der Waals surface area contributed by atoms with E-state index in [-0.39, 0.29) is 11.8 Å². The van der Waals surface area contributed by atoms with Crippen molar-refractivity contribution in [2.24, 2.45) is 5.92 Å². The summed E-state index contributed by atoms with van der Waals surface area (Å²) in [4.78, 5) is 19.9. The minimum atomic E-state index is -0.0886. The zero-order valence-corrected chi connectivity index (χ0v) is 13.9. The molecule has 9 nitrogen and oxygen atoms in total. The van der Waals surface area contributed by atoms with Crippen LogP contribution in [0.1, 0.15) is 17.7 Å². The second-order valence-electron chi connectivity index (χ2n) is 5.77. The van der Waals surface area contributed by atoms with Gasteiger partial charge in [0.2, 0.25) is 5.91 Å². The first-order chi connectivity index (χ1) is 11.7. The minimum Gasteiger partial charge on any atom is -0.354 e. The molecule has 0 saturated carbocycles. The van der Waals surface area contributed by atoms with Crippen LogP contribution in [0.15, 0.2) is 18.3 Å². The van der Waals surface area contributed by atoms with Crippen molar-refractivity contribution < 1.29 is 4.79 Å². The van der Waals surface area contributed by atoms with Gasteiger partial charge in [-0.25, -0.2) is 4.98 Å². The molecule has 1 aliphatic heterocycles. The van der Waals surface area contributed by atoms with Gasteiger partial charge in [0, 0.05) is 24.2 Å². The Morgan fingerprint density at radius 3 is 3.17 bits per heavy atom. The molecule has 0 spiro atoms. The number of nitrogens with one attached hydrogen (secondary N) is 1. The first kappa shape index (κ1) is 14.9. The Morgan fingerprint density at radius 2 is 2.33 bits per heavy atom. The molecule has 1 aliphatic rings. The molecule has 1 amide bonds. The van der Waals surface area contributed by atoms with E-state index in [1.54, 1.807) is 6.20 Å². The molecular weight excluding hydrogens is 328 g/mol. The molecular formula is C14H16N8OS. The zero-order chi connectivity index (χ0) is 16.5. The number of anilines is 2. The molecule has 124 valence electrons. The van der Waals surface area contributed by atoms with Crippen LogP contribution < -0.4 is 10.2 Å². The van der Waals surface area contributed by atoms with Crippen molar-refractivity contribution in [3.63, 3.8) is 0 Å². The number of tetrazole rings is 1. The van der Waals surface area contributed by atoms with Gasteiger partial charge in [0.1, 0.15) is 0 Å². The lowest BCUT2D eigenvalue weighted by molar-refractivity contribution is -0.120. The summed E-state index contributed by atoms with van der Waals surface area (Å²) in [5.74, 6) is 0.698. The molecule has 0 unspecified atom stereocenters. The highest BCUT2D eigenvalue weighted by Crippen LogP contribution is 2.24. The topological polar surface area (TPSA) is 101 Å². The smallest absolute Gasteiger partial charge is 0.231 e. The number of carbonyl (C=O) groups is 1. The maximum absolute atomic E-state index is 12.5. The number of fused-ring (bicyclic) bond motifs is 1. The van der Waals surface area contributed by atoms with Gasteiger partial charge in [-0.2, -0.15) is 0 Å². The molecule has 3 aromatic rings. The van der Waals surface area contributed by atoms with Gasteiger partial charge in [-0.3, -0.25) is 4.79 Å². The average Bonchev–Trinajstić information content (AvgIpc) is 3.23. The van der Waals surface area contributed by atoms with Crippen molar-refractivity contribution >= 4 is 33.8 Å². The van der Waals surface area contributed by atoms with E-state index in [9.17, 15) is 4.79 Å². The molecule has 0 bridgehead atoms. The maximum atomic E-state index is 12.5. The molecule has 1 atom stereocenters. The Hall–Kier alpha value is -2.62. The predicted octanol–water partition coefficient (Wildman–Crippen LogP) is 1.14. The van der Waals surface area contributed by atoms with E-state index in [2.05, 4.69) is 35.8 Å². The SMILES string of the molecule is Cc1cnc(NC(=O)[C@@H]2CCCN(c3ccc4nnnn4n3)C2)s1. The number of nitrogens with zero attached hydrogens (tertiary/aromatic N) is 7. The summed E-state index contributed by atoms with van der Waals surface area (Å²) < 4.78 is 1.40. The Kier molecular flexibility index (Phi) is 3.81. The highest BCUT2D eigenvalue weighted by atomic mass is 32.1. The van der Waals surface area contributed by atoms with E-state index in [1.165, 1.54) is 16.0 Å². The number of rotatable bonds is 3. The molecule has 0 aliphatic carbocycles. The lowest BCUT2D eigenvalue weighted by Crippen LogP contribution is -2.41. The Labute approximate surface area is 141 Å². The Bertz CT molecular complexity index is 874. The van der Waals surface area contributed by atoms with Gasteiger partial charge in [-0.15, -0.1) is 26.2 Å². The highest BCUT2D eigenvalue weighted by Gasteiger charge is 2.27. The van der Waals surface area contributed by atoms with Gasteiger partial charge in [-0.1, -0.05) is 0 Å². The normalized spacial score (nSPS) is 18.0. The highest BCUT2D eigenvalue weighted by molar-refractivity contribution is 7.15. The lowest BCUT2D eigenvalue weighted by atomic mass is 9.97. The van der Waals surface area contributed by atoms with Gasteiger partial charge < -0.3 is 10.2 Å². The van der Waals surface area contributed by atoms with Gasteiger partial charge in [-0.05, 0) is 42.3 Å². The van der Waals surface area contributed by atoms with Crippen molar-refractivity contribution in [1.29, 1.82) is 0 Å².